The first-order valence-electron chi connectivity index (χ1n) is 6.57. The van der Waals surface area contributed by atoms with Gasteiger partial charge in [-0.15, -0.1) is 0 Å². The van der Waals surface area contributed by atoms with Crippen molar-refractivity contribution in [3.8, 4) is 0 Å². The zero-order chi connectivity index (χ0) is 14.5. The fourth-order valence-electron chi connectivity index (χ4n) is 2.29. The average molecular weight is 270 g/mol. The molecule has 0 saturated carbocycles. The van der Waals surface area contributed by atoms with Crippen molar-refractivity contribution < 1.29 is 14.6 Å². The highest BCUT2D eigenvalue weighted by Crippen LogP contribution is 2.27. The molecule has 0 aromatic heterocycles. The summed E-state index contributed by atoms with van der Waals surface area (Å²) in [6, 6.07) is 15.6. The van der Waals surface area contributed by atoms with Crippen LogP contribution in [0.3, 0.4) is 0 Å². The molecule has 2 aromatic carbocycles. The lowest BCUT2D eigenvalue weighted by Crippen LogP contribution is -2.13. The van der Waals surface area contributed by atoms with Crippen LogP contribution in [0.25, 0.3) is 0 Å². The van der Waals surface area contributed by atoms with Crippen molar-refractivity contribution in [3.63, 3.8) is 0 Å². The summed E-state index contributed by atoms with van der Waals surface area (Å²) in [7, 11) is 0. The zero-order valence-electron chi connectivity index (χ0n) is 11.7. The maximum absolute atomic E-state index is 10.9. The van der Waals surface area contributed by atoms with Crippen LogP contribution >= 0.6 is 0 Å². The quantitative estimate of drug-likeness (QED) is 0.843. The molecule has 3 nitrogen and oxygen atoms in total. The van der Waals surface area contributed by atoms with Crippen LogP contribution in [0.15, 0.2) is 48.5 Å². The van der Waals surface area contributed by atoms with Gasteiger partial charge in [-0.3, -0.25) is 0 Å². The summed E-state index contributed by atoms with van der Waals surface area (Å²) >= 11 is 0. The Morgan fingerprint density at radius 1 is 1.10 bits per heavy atom. The Bertz CT molecular complexity index is 590. The highest BCUT2D eigenvalue weighted by molar-refractivity contribution is 5.57. The highest BCUT2D eigenvalue weighted by atomic mass is 16.7. The van der Waals surface area contributed by atoms with Gasteiger partial charge < -0.3 is 9.84 Å². The Morgan fingerprint density at radius 3 is 2.45 bits per heavy atom. The topological polar surface area (TPSA) is 46.5 Å². The molecule has 0 heterocycles. The third-order valence-corrected chi connectivity index (χ3v) is 3.50. The van der Waals surface area contributed by atoms with Crippen LogP contribution in [0.2, 0.25) is 0 Å². The minimum Gasteiger partial charge on any atom is -0.450 e. The van der Waals surface area contributed by atoms with Crippen molar-refractivity contribution in [1.29, 1.82) is 0 Å². The maximum atomic E-state index is 10.9. The summed E-state index contributed by atoms with van der Waals surface area (Å²) in [6.07, 6.45) is -1.18. The Labute approximate surface area is 118 Å². The van der Waals surface area contributed by atoms with Crippen LogP contribution in [0.4, 0.5) is 4.79 Å². The second-order valence-corrected chi connectivity index (χ2v) is 4.85. The number of aryl methyl sites for hydroxylation is 1. The van der Waals surface area contributed by atoms with E-state index in [0.29, 0.717) is 6.42 Å². The predicted molar refractivity (Wildman–Crippen MR) is 77.9 cm³/mol. The lowest BCUT2D eigenvalue weighted by Gasteiger charge is -2.19. The summed E-state index contributed by atoms with van der Waals surface area (Å²) in [5.74, 6) is 0. The van der Waals surface area contributed by atoms with Crippen LogP contribution in [-0.2, 0) is 11.2 Å². The van der Waals surface area contributed by atoms with Gasteiger partial charge in [0.1, 0.15) is 6.10 Å². The fraction of sp³-hybridized carbons (Fsp3) is 0.235. The summed E-state index contributed by atoms with van der Waals surface area (Å²) in [4.78, 5) is 10.9. The summed E-state index contributed by atoms with van der Waals surface area (Å²) in [5, 5.41) is 8.96. The third-order valence-electron chi connectivity index (χ3n) is 3.50. The Hall–Kier alpha value is -2.29. The number of carbonyl (C=O) groups is 1. The number of rotatable bonds is 4. The van der Waals surface area contributed by atoms with Crippen molar-refractivity contribution in [2.45, 2.75) is 26.4 Å². The van der Waals surface area contributed by atoms with Crippen LogP contribution in [-0.4, -0.2) is 11.3 Å². The number of benzene rings is 2. The molecule has 0 fully saturated rings. The van der Waals surface area contributed by atoms with E-state index in [4.69, 9.17) is 9.84 Å². The van der Waals surface area contributed by atoms with Gasteiger partial charge in [0.25, 0.3) is 0 Å². The summed E-state index contributed by atoms with van der Waals surface area (Å²) < 4.78 is 5.09. The minimum absolute atomic E-state index is 0.477. The average Bonchev–Trinajstić information content (AvgIpc) is 2.42. The largest absolute Gasteiger partial charge is 0.506 e. The van der Waals surface area contributed by atoms with E-state index in [0.717, 1.165) is 22.3 Å². The molecule has 0 bridgehead atoms. The zero-order valence-corrected chi connectivity index (χ0v) is 11.7. The normalized spacial score (nSPS) is 11.9. The first kappa shape index (κ1) is 14.1. The van der Waals surface area contributed by atoms with Gasteiger partial charge in [0.05, 0.1) is 0 Å². The van der Waals surface area contributed by atoms with E-state index in [-0.39, 0.29) is 0 Å². The Balaban J connectivity index is 2.32. The molecule has 1 unspecified atom stereocenters. The second kappa shape index (κ2) is 6.24. The standard InChI is InChI=1S/C17H18O3/c1-12-7-6-10-15(13(12)2)16(20-17(18)19)11-14-8-4-3-5-9-14/h3-10,16H,11H2,1-2H3,(H,18,19). The SMILES string of the molecule is Cc1cccc(C(Cc2ccccc2)OC(=O)O)c1C. The van der Waals surface area contributed by atoms with Gasteiger partial charge >= 0.3 is 6.16 Å². The van der Waals surface area contributed by atoms with E-state index >= 15 is 0 Å². The molecule has 3 heteroatoms. The van der Waals surface area contributed by atoms with E-state index in [9.17, 15) is 4.79 Å². The molecule has 2 rings (SSSR count). The summed E-state index contributed by atoms with van der Waals surface area (Å²) in [5.41, 5.74) is 4.19. The molecular weight excluding hydrogens is 252 g/mol. The number of carboxylic acid groups (broad SMARTS) is 1. The molecule has 0 spiro atoms. The second-order valence-electron chi connectivity index (χ2n) is 4.85. The molecule has 2 aromatic rings. The van der Waals surface area contributed by atoms with E-state index in [1.54, 1.807) is 0 Å². The van der Waals surface area contributed by atoms with Crippen LogP contribution in [0, 0.1) is 13.8 Å². The highest BCUT2D eigenvalue weighted by Gasteiger charge is 2.19. The van der Waals surface area contributed by atoms with Gasteiger partial charge in [-0.1, -0.05) is 48.5 Å². The van der Waals surface area contributed by atoms with Gasteiger partial charge in [0.2, 0.25) is 0 Å². The van der Waals surface area contributed by atoms with E-state index < -0.39 is 12.3 Å². The Kier molecular flexibility index (Phi) is 4.41. The Morgan fingerprint density at radius 2 is 1.80 bits per heavy atom. The molecular formula is C17H18O3. The van der Waals surface area contributed by atoms with Gasteiger partial charge in [-0.25, -0.2) is 4.79 Å². The number of hydrogen-bond donors (Lipinski definition) is 1. The van der Waals surface area contributed by atoms with Crippen LogP contribution in [0.1, 0.15) is 28.4 Å². The molecule has 0 amide bonds. The predicted octanol–water partition coefficient (Wildman–Crippen LogP) is 4.28. The molecule has 0 aliphatic heterocycles. The minimum atomic E-state index is -1.24. The fourth-order valence-corrected chi connectivity index (χ4v) is 2.29. The molecule has 0 saturated heterocycles. The lowest BCUT2D eigenvalue weighted by molar-refractivity contribution is 0.0510. The van der Waals surface area contributed by atoms with Crippen molar-refractivity contribution in [2.24, 2.45) is 0 Å². The molecule has 104 valence electrons. The van der Waals surface area contributed by atoms with Gasteiger partial charge in [0, 0.05) is 6.42 Å². The number of hydrogen-bond acceptors (Lipinski definition) is 2. The molecule has 0 aliphatic rings. The monoisotopic (exact) mass is 270 g/mol. The van der Waals surface area contributed by atoms with E-state index in [2.05, 4.69) is 0 Å². The van der Waals surface area contributed by atoms with Gasteiger partial charge in [-0.05, 0) is 36.1 Å². The van der Waals surface area contributed by atoms with Gasteiger partial charge in [0.15, 0.2) is 0 Å². The van der Waals surface area contributed by atoms with Crippen molar-refractivity contribution in [3.05, 3.63) is 70.8 Å². The molecule has 1 N–H and O–H groups in total. The molecule has 20 heavy (non-hydrogen) atoms. The first-order chi connectivity index (χ1) is 9.58. The molecule has 1 atom stereocenters. The number of ether oxygens (including phenoxy) is 1. The van der Waals surface area contributed by atoms with Crippen molar-refractivity contribution in [1.82, 2.24) is 0 Å². The summed E-state index contributed by atoms with van der Waals surface area (Å²) in [6.45, 7) is 4.01. The molecule has 0 radical (unpaired) electrons. The smallest absolute Gasteiger partial charge is 0.450 e. The van der Waals surface area contributed by atoms with Crippen molar-refractivity contribution in [2.75, 3.05) is 0 Å². The first-order valence-corrected chi connectivity index (χ1v) is 6.57. The van der Waals surface area contributed by atoms with E-state index in [1.165, 1.54) is 0 Å². The van der Waals surface area contributed by atoms with Crippen LogP contribution in [0.5, 0.6) is 0 Å². The molecule has 0 aliphatic carbocycles. The van der Waals surface area contributed by atoms with Crippen molar-refractivity contribution >= 4 is 6.16 Å². The van der Waals surface area contributed by atoms with E-state index in [1.807, 2.05) is 62.4 Å². The van der Waals surface area contributed by atoms with Crippen LogP contribution < -0.4 is 0 Å². The lowest BCUT2D eigenvalue weighted by atomic mass is 9.95. The maximum Gasteiger partial charge on any atom is 0.506 e. The third kappa shape index (κ3) is 3.38. The van der Waals surface area contributed by atoms with Gasteiger partial charge in [-0.2, -0.15) is 0 Å².